The number of carbonyl (C=O) groups excluding carboxylic acids is 2. The predicted octanol–water partition coefficient (Wildman–Crippen LogP) is -3.30. The Labute approximate surface area is 149 Å². The van der Waals surface area contributed by atoms with Crippen molar-refractivity contribution >= 4 is 55.8 Å². The number of carboxylic acid groups (broad SMARTS) is 3. The zero-order valence-corrected chi connectivity index (χ0v) is 15.1. The van der Waals surface area contributed by atoms with Gasteiger partial charge in [0.2, 0.25) is 0 Å². The summed E-state index contributed by atoms with van der Waals surface area (Å²) in [5.41, 5.74) is 0. The van der Waals surface area contributed by atoms with Crippen LogP contribution < -0.4 is 15.3 Å². The molecule has 0 saturated carbocycles. The molecule has 0 fully saturated rings. The van der Waals surface area contributed by atoms with Crippen LogP contribution in [0.15, 0.2) is 0 Å². The Kier molecular flexibility index (Phi) is 44.2. The Morgan fingerprint density at radius 1 is 1.10 bits per heavy atom. The normalized spacial score (nSPS) is 7.35. The van der Waals surface area contributed by atoms with Crippen LogP contribution in [0.1, 0.15) is 13.8 Å². The standard InChI is InChI=1S/C3H7O.3C2H4O2S.Ti/c1-3(2)4;3*3-2(4)1-5;/h3H,1-2H3;3*5H,1H2,(H,3,4);/q-1;;;;+4/p-3. The monoisotopic (exact) mass is 380 g/mol. The Hall–Kier alpha value is 0.134. The van der Waals surface area contributed by atoms with Gasteiger partial charge >= 0.3 is 27.7 Å². The molecule has 0 amide bonds. The average molecular weight is 380 g/mol. The molecule has 20 heavy (non-hydrogen) atoms. The van der Waals surface area contributed by atoms with Gasteiger partial charge in [-0.2, -0.15) is 25.3 Å². The summed E-state index contributed by atoms with van der Waals surface area (Å²) in [6.45, 7) is 3.22. The SMILES string of the molecule is CC(C)[O-].O=C(O)CS.O=C([O-])CS.O=C([O-])C[S-].[Ti+4]. The second kappa shape index (κ2) is 27.5. The van der Waals surface area contributed by atoms with E-state index in [1.165, 1.54) is 0 Å². The molecule has 0 aliphatic carbocycles. The van der Waals surface area contributed by atoms with Crippen molar-refractivity contribution in [2.75, 3.05) is 17.3 Å². The Morgan fingerprint density at radius 2 is 1.25 bits per heavy atom. The van der Waals surface area contributed by atoms with Gasteiger partial charge in [0.05, 0.1) is 11.7 Å². The van der Waals surface area contributed by atoms with Crippen molar-refractivity contribution in [3.8, 4) is 0 Å². The molecule has 0 rings (SSSR count). The Morgan fingerprint density at radius 3 is 1.25 bits per heavy atom. The minimum Gasteiger partial charge on any atom is -0.852 e. The number of hydrogen-bond acceptors (Lipinski definition) is 9. The van der Waals surface area contributed by atoms with Crippen molar-refractivity contribution in [2.24, 2.45) is 0 Å². The van der Waals surface area contributed by atoms with E-state index in [1.54, 1.807) is 13.8 Å². The second-order valence-corrected chi connectivity index (χ2v) is 3.57. The summed E-state index contributed by atoms with van der Waals surface area (Å²) in [7, 11) is 0. The first-order valence-corrected chi connectivity index (χ1v) is 6.46. The van der Waals surface area contributed by atoms with Crippen molar-refractivity contribution in [3.05, 3.63) is 0 Å². The number of carboxylic acids is 3. The minimum absolute atomic E-state index is 0. The van der Waals surface area contributed by atoms with E-state index >= 15 is 0 Å². The fraction of sp³-hybridized carbons (Fsp3) is 0.667. The molecule has 0 radical (unpaired) electrons. The van der Waals surface area contributed by atoms with Crippen LogP contribution >= 0.6 is 25.3 Å². The van der Waals surface area contributed by atoms with E-state index in [-0.39, 0.29) is 39.0 Å². The molecule has 0 aromatic heterocycles. The van der Waals surface area contributed by atoms with Crippen LogP contribution in [-0.2, 0) is 48.7 Å². The van der Waals surface area contributed by atoms with Gasteiger partial charge in [0.15, 0.2) is 0 Å². The smallest absolute Gasteiger partial charge is 0.852 e. The summed E-state index contributed by atoms with van der Waals surface area (Å²) in [6.07, 6.45) is -0.417. The molecule has 0 atom stereocenters. The average Bonchev–Trinajstić information content (AvgIpc) is 2.29. The number of aliphatic carboxylic acids is 3. The van der Waals surface area contributed by atoms with Crippen LogP contribution in [0.2, 0.25) is 0 Å². The van der Waals surface area contributed by atoms with Gasteiger partial charge in [-0.25, -0.2) is 0 Å². The van der Waals surface area contributed by atoms with E-state index in [1.807, 2.05) is 0 Å². The van der Waals surface area contributed by atoms with Gasteiger partial charge in [-0.05, 0) is 0 Å². The van der Waals surface area contributed by atoms with Gasteiger partial charge in [-0.1, -0.05) is 13.8 Å². The van der Waals surface area contributed by atoms with Gasteiger partial charge in [-0.15, -0.1) is 11.9 Å². The van der Waals surface area contributed by atoms with E-state index in [2.05, 4.69) is 37.9 Å². The molecule has 0 aromatic rings. The van der Waals surface area contributed by atoms with E-state index in [9.17, 15) is 19.8 Å². The first kappa shape index (κ1) is 32.2. The quantitative estimate of drug-likeness (QED) is 0.263. The van der Waals surface area contributed by atoms with Crippen molar-refractivity contribution in [2.45, 2.75) is 20.0 Å². The number of carbonyl (C=O) groups is 3. The van der Waals surface area contributed by atoms with Crippen LogP contribution in [0.5, 0.6) is 0 Å². The summed E-state index contributed by atoms with van der Waals surface area (Å²) >= 11 is 10.8. The van der Waals surface area contributed by atoms with E-state index < -0.39 is 24.0 Å². The van der Waals surface area contributed by atoms with Crippen LogP contribution in [0.25, 0.3) is 0 Å². The Balaban J connectivity index is -0.0000000494. The third-order valence-electron chi connectivity index (χ3n) is 0.382. The molecule has 0 aromatic carbocycles. The number of hydrogen-bond donors (Lipinski definition) is 3. The van der Waals surface area contributed by atoms with Crippen LogP contribution in [0.3, 0.4) is 0 Å². The van der Waals surface area contributed by atoms with E-state index in [0.29, 0.717) is 0 Å². The first-order chi connectivity index (χ1) is 8.54. The van der Waals surface area contributed by atoms with Gasteiger partial charge < -0.3 is 42.6 Å². The fourth-order valence-electron chi connectivity index (χ4n) is 0. The molecule has 0 spiro atoms. The third kappa shape index (κ3) is 141. The molecule has 1 N–H and O–H groups in total. The van der Waals surface area contributed by atoms with Crippen molar-refractivity contribution in [3.63, 3.8) is 0 Å². The minimum atomic E-state index is -1.18. The van der Waals surface area contributed by atoms with E-state index in [4.69, 9.17) is 15.0 Å². The summed E-state index contributed by atoms with van der Waals surface area (Å²) in [6, 6.07) is 0. The predicted molar refractivity (Wildman–Crippen MR) is 72.7 cm³/mol. The molecule has 0 bridgehead atoms. The first-order valence-electron chi connectivity index (χ1n) is 4.62. The van der Waals surface area contributed by atoms with Gasteiger partial charge in [0, 0.05) is 11.7 Å². The third-order valence-corrected chi connectivity index (χ3v) is 1.15. The molecular weight excluding hydrogens is 364 g/mol. The van der Waals surface area contributed by atoms with Gasteiger partial charge in [0.1, 0.15) is 0 Å². The zero-order chi connectivity index (χ0) is 16.4. The van der Waals surface area contributed by atoms with Crippen molar-refractivity contribution in [1.82, 2.24) is 0 Å². The molecular formula is C9H16O7S3Ti. The van der Waals surface area contributed by atoms with Gasteiger partial charge in [0.25, 0.3) is 0 Å². The van der Waals surface area contributed by atoms with Crippen LogP contribution in [-0.4, -0.2) is 46.4 Å². The van der Waals surface area contributed by atoms with Crippen molar-refractivity contribution < 1.29 is 56.5 Å². The second-order valence-electron chi connectivity index (χ2n) is 2.65. The van der Waals surface area contributed by atoms with Crippen LogP contribution in [0, 0.1) is 0 Å². The maximum Gasteiger partial charge on any atom is 4.00 e. The zero-order valence-electron chi connectivity index (χ0n) is 10.9. The number of thiol groups is 2. The molecule has 116 valence electrons. The number of rotatable bonds is 3. The summed E-state index contributed by atoms with van der Waals surface area (Å²) in [5.74, 6) is -3.78. The largest absolute Gasteiger partial charge is 4.00 e. The summed E-state index contributed by atoms with van der Waals surface area (Å²) < 4.78 is 0. The van der Waals surface area contributed by atoms with Gasteiger partial charge in [-0.3, -0.25) is 4.79 Å². The molecule has 0 unspecified atom stereocenters. The van der Waals surface area contributed by atoms with Crippen molar-refractivity contribution in [1.29, 1.82) is 0 Å². The maximum absolute atomic E-state index is 9.53. The summed E-state index contributed by atoms with van der Waals surface area (Å²) in [5, 5.41) is 35.5. The van der Waals surface area contributed by atoms with Crippen LogP contribution in [0.4, 0.5) is 0 Å². The molecule has 0 saturated heterocycles. The molecule has 7 nitrogen and oxygen atoms in total. The maximum atomic E-state index is 9.53. The fourth-order valence-corrected chi connectivity index (χ4v) is 0. The molecule has 0 aliphatic rings. The topological polar surface area (TPSA) is 141 Å². The Bertz CT molecular complexity index is 204. The molecule has 11 heteroatoms. The van der Waals surface area contributed by atoms with E-state index in [0.717, 1.165) is 0 Å². The molecule has 0 aliphatic heterocycles. The summed E-state index contributed by atoms with van der Waals surface area (Å²) in [4.78, 5) is 27.6. The molecule has 0 heterocycles.